The molecule has 0 aromatic heterocycles. The fraction of sp³-hybridized carbons (Fsp3) is 0.263. The maximum atomic E-state index is 11.4. The average molecular weight is 537 g/mol. The van der Waals surface area contributed by atoms with Gasteiger partial charge in [0.1, 0.15) is 11.7 Å². The van der Waals surface area contributed by atoms with Crippen LogP contribution in [0.4, 0.5) is 4.79 Å². The third-order valence-corrected chi connectivity index (χ3v) is 4.75. The van der Waals surface area contributed by atoms with E-state index in [0.29, 0.717) is 22.2 Å². The second-order valence-corrected chi connectivity index (χ2v) is 8.91. The van der Waals surface area contributed by atoms with Gasteiger partial charge >= 0.3 is 6.09 Å². The molecular weight excluding hydrogens is 519 g/mol. The van der Waals surface area contributed by atoms with Crippen molar-refractivity contribution in [2.24, 2.45) is 0 Å². The summed E-state index contributed by atoms with van der Waals surface area (Å²) < 4.78 is 6.73. The summed E-state index contributed by atoms with van der Waals surface area (Å²) in [5, 5.41) is 12.4. The van der Waals surface area contributed by atoms with Crippen molar-refractivity contribution in [3.8, 4) is 6.07 Å². The average Bonchev–Trinajstić information content (AvgIpc) is 2.53. The summed E-state index contributed by atoms with van der Waals surface area (Å²) >= 11 is 18.0. The van der Waals surface area contributed by atoms with Crippen LogP contribution in [-0.2, 0) is 11.3 Å². The first-order chi connectivity index (χ1) is 12.5. The summed E-state index contributed by atoms with van der Waals surface area (Å²) in [6.45, 7) is 5.87. The second kappa shape index (κ2) is 10.9. The smallest absolute Gasteiger partial charge is 0.407 e. The summed E-state index contributed by atoms with van der Waals surface area (Å²) in [5.41, 5.74) is 1.06. The molecule has 0 atom stereocenters. The predicted molar refractivity (Wildman–Crippen MR) is 116 cm³/mol. The van der Waals surface area contributed by atoms with E-state index in [4.69, 9.17) is 33.2 Å². The van der Waals surface area contributed by atoms with E-state index in [1.54, 1.807) is 30.3 Å². The number of hydrogen-bond acceptors (Lipinski definition) is 3. The molecule has 0 aliphatic heterocycles. The van der Waals surface area contributed by atoms with Crippen molar-refractivity contribution in [1.29, 1.82) is 5.26 Å². The molecule has 0 aliphatic rings. The van der Waals surface area contributed by atoms with E-state index in [0.717, 1.165) is 14.5 Å². The zero-order valence-electron chi connectivity index (χ0n) is 14.9. The van der Waals surface area contributed by atoms with Crippen molar-refractivity contribution >= 4 is 61.2 Å². The van der Waals surface area contributed by atoms with Crippen LogP contribution in [0.25, 0.3) is 0 Å². The minimum absolute atomic E-state index is 0.396. The number of ether oxygens (including phenoxy) is 1. The molecule has 144 valence electrons. The van der Waals surface area contributed by atoms with Gasteiger partial charge in [-0.2, -0.15) is 5.26 Å². The van der Waals surface area contributed by atoms with Crippen LogP contribution in [0.5, 0.6) is 0 Å². The second-order valence-electron chi connectivity index (χ2n) is 6.33. The first-order valence-corrected chi connectivity index (χ1v) is 10.1. The number of benzene rings is 2. The van der Waals surface area contributed by atoms with Gasteiger partial charge in [-0.25, -0.2) is 4.79 Å². The third-order valence-electron chi connectivity index (χ3n) is 2.89. The highest BCUT2D eigenvalue weighted by molar-refractivity contribution is 9.10. The quantitative estimate of drug-likeness (QED) is 0.445. The number of halogens is 4. The Hall–Kier alpha value is -1.26. The maximum Gasteiger partial charge on any atom is 0.407 e. The molecule has 0 unspecified atom stereocenters. The van der Waals surface area contributed by atoms with Gasteiger partial charge in [0.15, 0.2) is 0 Å². The first kappa shape index (κ1) is 23.8. The Labute approximate surface area is 186 Å². The maximum absolute atomic E-state index is 11.4. The molecule has 0 aliphatic carbocycles. The predicted octanol–water partition coefficient (Wildman–Crippen LogP) is 7.10. The summed E-state index contributed by atoms with van der Waals surface area (Å²) in [6.07, 6.45) is -0.431. The minimum Gasteiger partial charge on any atom is -0.444 e. The van der Waals surface area contributed by atoms with E-state index in [-0.39, 0.29) is 0 Å². The molecular formula is C19H18Br2Cl2N2O2. The number of amides is 1. The van der Waals surface area contributed by atoms with E-state index in [9.17, 15) is 4.79 Å². The highest BCUT2D eigenvalue weighted by Crippen LogP contribution is 2.22. The van der Waals surface area contributed by atoms with Crippen LogP contribution in [0.1, 0.15) is 31.9 Å². The number of nitriles is 1. The SMILES string of the molecule is CC(C)(C)OC(=O)NCc1ccc(Cl)cc1Br.N#Cc1ccc(Cl)cc1Br. The molecule has 0 bridgehead atoms. The Morgan fingerprint density at radius 3 is 2.15 bits per heavy atom. The van der Waals surface area contributed by atoms with E-state index >= 15 is 0 Å². The van der Waals surface area contributed by atoms with E-state index in [2.05, 4.69) is 37.2 Å². The van der Waals surface area contributed by atoms with E-state index in [1.165, 1.54) is 0 Å². The number of alkyl carbamates (subject to hydrolysis) is 1. The van der Waals surface area contributed by atoms with Crippen LogP contribution < -0.4 is 5.32 Å². The van der Waals surface area contributed by atoms with E-state index < -0.39 is 11.7 Å². The van der Waals surface area contributed by atoms with Crippen LogP contribution in [0, 0.1) is 11.3 Å². The van der Waals surface area contributed by atoms with E-state index in [1.807, 2.05) is 32.9 Å². The monoisotopic (exact) mass is 534 g/mol. The highest BCUT2D eigenvalue weighted by Gasteiger charge is 2.15. The standard InChI is InChI=1S/C12H15BrClNO2.C7H3BrClN/c1-12(2,3)17-11(16)15-7-8-4-5-9(14)6-10(8)13;8-7-3-6(9)2-1-5(7)4-10/h4-6H,7H2,1-3H3,(H,15,16);1-3H. The van der Waals surface area contributed by atoms with Crippen molar-refractivity contribution < 1.29 is 9.53 Å². The normalized spacial score (nSPS) is 10.3. The number of hydrogen-bond donors (Lipinski definition) is 1. The van der Waals surface area contributed by atoms with Crippen LogP contribution in [0.15, 0.2) is 45.3 Å². The number of nitrogens with zero attached hydrogens (tertiary/aromatic N) is 1. The fourth-order valence-corrected chi connectivity index (χ4v) is 3.32. The lowest BCUT2D eigenvalue weighted by molar-refractivity contribution is 0.0523. The van der Waals surface area contributed by atoms with Gasteiger partial charge < -0.3 is 10.1 Å². The Kier molecular flexibility index (Phi) is 9.61. The van der Waals surface area contributed by atoms with Crippen LogP contribution in [-0.4, -0.2) is 11.7 Å². The Balaban J connectivity index is 0.000000309. The molecule has 0 saturated carbocycles. The summed E-state index contributed by atoms with van der Waals surface area (Å²) in [4.78, 5) is 11.4. The number of nitrogens with one attached hydrogen (secondary N) is 1. The molecule has 2 rings (SSSR count). The van der Waals surface area contributed by atoms with Crippen molar-refractivity contribution in [3.05, 3.63) is 66.5 Å². The molecule has 1 N–H and O–H groups in total. The zero-order valence-corrected chi connectivity index (χ0v) is 19.6. The van der Waals surface area contributed by atoms with Crippen molar-refractivity contribution in [2.45, 2.75) is 32.9 Å². The summed E-state index contributed by atoms with van der Waals surface area (Å²) in [7, 11) is 0. The summed E-state index contributed by atoms with van der Waals surface area (Å²) in [5.74, 6) is 0. The number of carbonyl (C=O) groups excluding carboxylic acids is 1. The topological polar surface area (TPSA) is 62.1 Å². The number of rotatable bonds is 2. The summed E-state index contributed by atoms with van der Waals surface area (Å²) in [6, 6.07) is 12.5. The van der Waals surface area contributed by atoms with Crippen LogP contribution in [0.2, 0.25) is 10.0 Å². The van der Waals surface area contributed by atoms with Gasteiger partial charge in [-0.3, -0.25) is 0 Å². The lowest BCUT2D eigenvalue weighted by Gasteiger charge is -2.19. The van der Waals surface area contributed by atoms with Gasteiger partial charge in [0, 0.05) is 25.5 Å². The molecule has 0 radical (unpaired) electrons. The van der Waals surface area contributed by atoms with Gasteiger partial charge in [0.05, 0.1) is 5.56 Å². The third kappa shape index (κ3) is 9.48. The molecule has 0 fully saturated rings. The molecule has 4 nitrogen and oxygen atoms in total. The van der Waals surface area contributed by atoms with Gasteiger partial charge in [-0.05, 0) is 72.6 Å². The molecule has 0 heterocycles. The molecule has 0 spiro atoms. The first-order valence-electron chi connectivity index (χ1n) is 7.78. The number of carbonyl (C=O) groups is 1. The van der Waals surface area contributed by atoms with Gasteiger partial charge in [0.25, 0.3) is 0 Å². The minimum atomic E-state index is -0.485. The molecule has 27 heavy (non-hydrogen) atoms. The highest BCUT2D eigenvalue weighted by atomic mass is 79.9. The Bertz CT molecular complexity index is 847. The van der Waals surface area contributed by atoms with Crippen molar-refractivity contribution in [3.63, 3.8) is 0 Å². The molecule has 2 aromatic carbocycles. The molecule has 2 aromatic rings. The Morgan fingerprint density at radius 2 is 1.67 bits per heavy atom. The van der Waals surface area contributed by atoms with Crippen molar-refractivity contribution in [2.75, 3.05) is 0 Å². The Morgan fingerprint density at radius 1 is 1.11 bits per heavy atom. The van der Waals surface area contributed by atoms with Gasteiger partial charge in [-0.1, -0.05) is 45.2 Å². The van der Waals surface area contributed by atoms with Gasteiger partial charge in [-0.15, -0.1) is 0 Å². The lowest BCUT2D eigenvalue weighted by Crippen LogP contribution is -2.32. The van der Waals surface area contributed by atoms with Gasteiger partial charge in [0.2, 0.25) is 0 Å². The molecule has 0 saturated heterocycles. The van der Waals surface area contributed by atoms with Crippen LogP contribution >= 0.6 is 55.1 Å². The lowest BCUT2D eigenvalue weighted by atomic mass is 10.2. The molecule has 1 amide bonds. The van der Waals surface area contributed by atoms with Crippen molar-refractivity contribution in [1.82, 2.24) is 5.32 Å². The largest absolute Gasteiger partial charge is 0.444 e. The molecule has 8 heteroatoms. The fourth-order valence-electron chi connectivity index (χ4n) is 1.73. The van der Waals surface area contributed by atoms with Crippen LogP contribution in [0.3, 0.4) is 0 Å². The zero-order chi connectivity index (χ0) is 20.6.